The fraction of sp³-hybridized carbons (Fsp3) is 0.217. The summed E-state index contributed by atoms with van der Waals surface area (Å²) in [5, 5.41) is 19.7. The molecule has 0 fully saturated rings. The summed E-state index contributed by atoms with van der Waals surface area (Å²) < 4.78 is 28.9. The van der Waals surface area contributed by atoms with E-state index in [1.165, 1.54) is 12.1 Å². The number of nitrogens with zero attached hydrogens (tertiary/aromatic N) is 2. The van der Waals surface area contributed by atoms with Crippen molar-refractivity contribution in [3.8, 4) is 17.2 Å². The summed E-state index contributed by atoms with van der Waals surface area (Å²) in [5.74, 6) is -1.10. The Hall–Kier alpha value is -3.12. The molecule has 0 radical (unpaired) electrons. The number of benzene rings is 2. The summed E-state index contributed by atoms with van der Waals surface area (Å²) in [6.07, 6.45) is 0.969. The second-order valence-electron chi connectivity index (χ2n) is 7.18. The zero-order chi connectivity index (χ0) is 23.5. The van der Waals surface area contributed by atoms with Crippen LogP contribution < -0.4 is 4.72 Å². The van der Waals surface area contributed by atoms with Crippen molar-refractivity contribution >= 4 is 27.6 Å². The number of carboxylic acid groups (broad SMARTS) is 1. The van der Waals surface area contributed by atoms with Crippen molar-refractivity contribution in [1.29, 1.82) is 5.26 Å². The highest BCUT2D eigenvalue weighted by Gasteiger charge is 2.25. The lowest BCUT2D eigenvalue weighted by atomic mass is 9.98. The van der Waals surface area contributed by atoms with Gasteiger partial charge in [-0.25, -0.2) is 17.9 Å². The van der Waals surface area contributed by atoms with E-state index in [0.717, 1.165) is 5.56 Å². The van der Waals surface area contributed by atoms with Gasteiger partial charge in [0.05, 0.1) is 10.5 Å². The Morgan fingerprint density at radius 1 is 1.22 bits per heavy atom. The van der Waals surface area contributed by atoms with Gasteiger partial charge in [-0.2, -0.15) is 5.26 Å². The van der Waals surface area contributed by atoms with Crippen LogP contribution in [-0.2, 0) is 29.9 Å². The lowest BCUT2D eigenvalue weighted by Gasteiger charge is -2.08. The third kappa shape index (κ3) is 4.70. The quantitative estimate of drug-likeness (QED) is 0.515. The first-order valence-electron chi connectivity index (χ1n) is 9.89. The Morgan fingerprint density at radius 3 is 2.47 bits per heavy atom. The van der Waals surface area contributed by atoms with E-state index in [9.17, 15) is 23.6 Å². The third-order valence-corrected chi connectivity index (χ3v) is 6.91. The van der Waals surface area contributed by atoms with Gasteiger partial charge < -0.3 is 9.67 Å². The van der Waals surface area contributed by atoms with Crippen molar-refractivity contribution in [2.75, 3.05) is 6.54 Å². The SMILES string of the molecule is CCc1c(C#N)c(-c2ccc(CCNS(=O)(=O)c3cccc(Cl)c3)cc2)c(C(=O)O)n1C. The molecule has 0 saturated carbocycles. The van der Waals surface area contributed by atoms with Gasteiger partial charge in [-0.1, -0.05) is 48.9 Å². The van der Waals surface area contributed by atoms with Crippen molar-refractivity contribution in [3.63, 3.8) is 0 Å². The highest BCUT2D eigenvalue weighted by Crippen LogP contribution is 2.32. The molecule has 9 heteroatoms. The number of aromatic carboxylic acids is 1. The van der Waals surface area contributed by atoms with Crippen LogP contribution in [0.2, 0.25) is 5.02 Å². The van der Waals surface area contributed by atoms with Gasteiger partial charge in [-0.15, -0.1) is 0 Å². The summed E-state index contributed by atoms with van der Waals surface area (Å²) in [6, 6.07) is 15.3. The molecule has 0 atom stereocenters. The Kier molecular flexibility index (Phi) is 7.04. The molecule has 32 heavy (non-hydrogen) atoms. The smallest absolute Gasteiger partial charge is 0.353 e. The number of aromatic nitrogens is 1. The molecule has 3 rings (SSSR count). The minimum absolute atomic E-state index is 0.0698. The van der Waals surface area contributed by atoms with Gasteiger partial charge in [-0.3, -0.25) is 0 Å². The molecule has 0 bridgehead atoms. The molecular formula is C23H22ClN3O4S. The van der Waals surface area contributed by atoms with Gasteiger partial charge in [-0.05, 0) is 42.2 Å². The average molecular weight is 472 g/mol. The van der Waals surface area contributed by atoms with Crippen molar-refractivity contribution in [2.24, 2.45) is 7.05 Å². The molecule has 2 aromatic carbocycles. The predicted octanol–water partition coefficient (Wildman–Crippen LogP) is 4.00. The summed E-state index contributed by atoms with van der Waals surface area (Å²) in [7, 11) is -2.03. The molecule has 0 aliphatic rings. The average Bonchev–Trinajstić information content (AvgIpc) is 3.05. The standard InChI is InChI=1S/C23H22ClN3O4S/c1-3-20-19(14-25)21(22(23(28)29)27(20)2)16-9-7-15(8-10-16)11-12-26-32(30,31)18-6-4-5-17(24)13-18/h4-10,13,26H,3,11-12H2,1-2H3,(H,28,29). The van der Waals surface area contributed by atoms with Gasteiger partial charge >= 0.3 is 5.97 Å². The first kappa shape index (κ1) is 23.5. The maximum Gasteiger partial charge on any atom is 0.353 e. The van der Waals surface area contributed by atoms with Gasteiger partial charge in [0.1, 0.15) is 11.8 Å². The monoisotopic (exact) mass is 471 g/mol. The van der Waals surface area contributed by atoms with Crippen molar-refractivity contribution in [3.05, 3.63) is 76.1 Å². The third-order valence-electron chi connectivity index (χ3n) is 5.22. The molecule has 0 spiro atoms. The van der Waals surface area contributed by atoms with E-state index in [0.29, 0.717) is 40.2 Å². The predicted molar refractivity (Wildman–Crippen MR) is 122 cm³/mol. The molecule has 0 aliphatic heterocycles. The van der Waals surface area contributed by atoms with Crippen LogP contribution in [0.1, 0.15) is 34.2 Å². The summed E-state index contributed by atoms with van der Waals surface area (Å²) >= 11 is 5.87. The van der Waals surface area contributed by atoms with Gasteiger partial charge in [0.15, 0.2) is 0 Å². The Balaban J connectivity index is 1.79. The van der Waals surface area contributed by atoms with Gasteiger partial charge in [0.25, 0.3) is 0 Å². The Labute approximate surface area is 191 Å². The van der Waals surface area contributed by atoms with E-state index in [1.807, 2.05) is 6.92 Å². The van der Waals surface area contributed by atoms with Crippen LogP contribution in [0, 0.1) is 11.3 Å². The number of carbonyl (C=O) groups is 1. The molecule has 3 aromatic rings. The lowest BCUT2D eigenvalue weighted by Crippen LogP contribution is -2.26. The Bertz CT molecular complexity index is 1310. The number of hydrogen-bond donors (Lipinski definition) is 2. The number of hydrogen-bond acceptors (Lipinski definition) is 4. The number of nitriles is 1. The minimum Gasteiger partial charge on any atom is -0.477 e. The lowest BCUT2D eigenvalue weighted by molar-refractivity contribution is 0.0687. The van der Waals surface area contributed by atoms with Crippen LogP contribution >= 0.6 is 11.6 Å². The van der Waals surface area contributed by atoms with E-state index < -0.39 is 16.0 Å². The molecule has 7 nitrogen and oxygen atoms in total. The highest BCUT2D eigenvalue weighted by molar-refractivity contribution is 7.89. The summed E-state index contributed by atoms with van der Waals surface area (Å²) in [4.78, 5) is 11.9. The maximum absolute atomic E-state index is 12.4. The molecule has 0 aliphatic carbocycles. The molecule has 1 heterocycles. The van der Waals surface area contributed by atoms with Crippen molar-refractivity contribution in [1.82, 2.24) is 9.29 Å². The van der Waals surface area contributed by atoms with Crippen molar-refractivity contribution < 1.29 is 18.3 Å². The number of halogens is 1. The van der Waals surface area contributed by atoms with Crippen molar-refractivity contribution in [2.45, 2.75) is 24.7 Å². The zero-order valence-corrected chi connectivity index (χ0v) is 19.2. The van der Waals surface area contributed by atoms with Crippen LogP contribution in [0.25, 0.3) is 11.1 Å². The number of carboxylic acids is 1. The first-order chi connectivity index (χ1) is 15.2. The number of sulfonamides is 1. The van der Waals surface area contributed by atoms with Crippen LogP contribution in [0.3, 0.4) is 0 Å². The second-order valence-corrected chi connectivity index (χ2v) is 9.38. The highest BCUT2D eigenvalue weighted by atomic mass is 35.5. The molecule has 2 N–H and O–H groups in total. The topological polar surface area (TPSA) is 112 Å². The van der Waals surface area contributed by atoms with E-state index in [4.69, 9.17) is 11.6 Å². The molecule has 0 unspecified atom stereocenters. The van der Waals surface area contributed by atoms with E-state index in [1.54, 1.807) is 48.0 Å². The van der Waals surface area contributed by atoms with Crippen LogP contribution in [-0.4, -0.2) is 30.6 Å². The molecule has 1 aromatic heterocycles. The van der Waals surface area contributed by atoms with Gasteiger partial charge in [0, 0.05) is 29.9 Å². The number of nitrogens with one attached hydrogen (secondary N) is 1. The van der Waals surface area contributed by atoms with E-state index in [2.05, 4.69) is 10.8 Å². The maximum atomic E-state index is 12.4. The van der Waals surface area contributed by atoms with Crippen LogP contribution in [0.15, 0.2) is 53.4 Å². The number of rotatable bonds is 8. The normalized spacial score (nSPS) is 11.3. The van der Waals surface area contributed by atoms with E-state index in [-0.39, 0.29) is 17.1 Å². The second kappa shape index (κ2) is 9.57. The molecule has 0 saturated heterocycles. The largest absolute Gasteiger partial charge is 0.477 e. The van der Waals surface area contributed by atoms with Crippen LogP contribution in [0.5, 0.6) is 0 Å². The fourth-order valence-electron chi connectivity index (χ4n) is 3.68. The zero-order valence-electron chi connectivity index (χ0n) is 17.6. The molecule has 0 amide bonds. The van der Waals surface area contributed by atoms with Gasteiger partial charge in [0.2, 0.25) is 10.0 Å². The van der Waals surface area contributed by atoms with E-state index >= 15 is 0 Å². The molecule has 166 valence electrons. The van der Waals surface area contributed by atoms with Crippen LogP contribution in [0.4, 0.5) is 0 Å². The summed E-state index contributed by atoms with van der Waals surface area (Å²) in [6.45, 7) is 2.06. The summed E-state index contributed by atoms with van der Waals surface area (Å²) in [5.41, 5.74) is 2.98. The first-order valence-corrected chi connectivity index (χ1v) is 11.7. The molecular weight excluding hydrogens is 450 g/mol. The Morgan fingerprint density at radius 2 is 1.91 bits per heavy atom. The minimum atomic E-state index is -3.67. The fourth-order valence-corrected chi connectivity index (χ4v) is 5.02.